The zero-order chi connectivity index (χ0) is 24.1. The molecule has 2 amide bonds. The summed E-state index contributed by atoms with van der Waals surface area (Å²) in [4.78, 5) is 41.8. The SMILES string of the molecule is CCCn1c(CN2C(=O)c3ccc([N+](=O)[O-])cc3C2=O)nc2cc(S(=O)(=O)N(C)C)ccc21. The molecule has 0 saturated carbocycles. The van der Waals surface area contributed by atoms with Gasteiger partial charge < -0.3 is 4.57 Å². The molecule has 0 N–H and O–H groups in total. The van der Waals surface area contributed by atoms with E-state index >= 15 is 0 Å². The van der Waals surface area contributed by atoms with Crippen LogP contribution in [0.15, 0.2) is 41.3 Å². The molecule has 0 unspecified atom stereocenters. The molecule has 0 bridgehead atoms. The number of nitrogens with zero attached hydrogens (tertiary/aromatic N) is 5. The van der Waals surface area contributed by atoms with Gasteiger partial charge in [-0.25, -0.2) is 17.7 Å². The lowest BCUT2D eigenvalue weighted by Gasteiger charge is -2.15. The number of fused-ring (bicyclic) bond motifs is 2. The molecule has 1 aliphatic heterocycles. The first kappa shape index (κ1) is 22.6. The standard InChI is InChI=1S/C21H21N5O6S/c1-4-9-24-18-8-6-14(33(31,32)23(2)3)11-17(18)22-19(24)12-25-20(27)15-7-5-13(26(29)30)10-16(15)21(25)28/h5-8,10-11H,4,9,12H2,1-3H3. The number of benzene rings is 2. The fourth-order valence-electron chi connectivity index (χ4n) is 3.80. The van der Waals surface area contributed by atoms with Crippen molar-refractivity contribution in [1.82, 2.24) is 18.8 Å². The number of imidazole rings is 1. The minimum atomic E-state index is -3.66. The fourth-order valence-corrected chi connectivity index (χ4v) is 4.72. The molecule has 0 fully saturated rings. The molecular formula is C21H21N5O6S. The molecule has 1 aromatic heterocycles. The van der Waals surface area contributed by atoms with Gasteiger partial charge in [-0.2, -0.15) is 0 Å². The highest BCUT2D eigenvalue weighted by molar-refractivity contribution is 7.89. The number of nitro groups is 1. The molecule has 1 aliphatic rings. The van der Waals surface area contributed by atoms with Gasteiger partial charge in [-0.1, -0.05) is 6.92 Å². The molecule has 33 heavy (non-hydrogen) atoms. The number of nitro benzene ring substituents is 1. The van der Waals surface area contributed by atoms with Gasteiger partial charge in [0.25, 0.3) is 17.5 Å². The highest BCUT2D eigenvalue weighted by atomic mass is 32.2. The van der Waals surface area contributed by atoms with E-state index in [0.29, 0.717) is 23.4 Å². The van der Waals surface area contributed by atoms with E-state index in [1.54, 1.807) is 6.07 Å². The normalized spacial score (nSPS) is 13.9. The zero-order valence-corrected chi connectivity index (χ0v) is 19.0. The third-order valence-corrected chi connectivity index (χ3v) is 7.30. The Morgan fingerprint density at radius 3 is 2.39 bits per heavy atom. The fraction of sp³-hybridized carbons (Fsp3) is 0.286. The molecule has 172 valence electrons. The molecule has 4 rings (SSSR count). The number of carbonyl (C=O) groups is 2. The van der Waals surface area contributed by atoms with Crippen molar-refractivity contribution >= 4 is 38.6 Å². The Balaban J connectivity index is 1.75. The lowest BCUT2D eigenvalue weighted by Crippen LogP contribution is -2.30. The second-order valence-electron chi connectivity index (χ2n) is 7.80. The van der Waals surface area contributed by atoms with Crippen LogP contribution in [-0.2, 0) is 23.1 Å². The van der Waals surface area contributed by atoms with Crippen LogP contribution in [0.1, 0.15) is 39.9 Å². The topological polar surface area (TPSA) is 136 Å². The van der Waals surface area contributed by atoms with Crippen molar-refractivity contribution in [2.75, 3.05) is 14.1 Å². The number of carbonyl (C=O) groups excluding carboxylic acids is 2. The van der Waals surface area contributed by atoms with E-state index in [-0.39, 0.29) is 28.3 Å². The maximum atomic E-state index is 12.9. The maximum Gasteiger partial charge on any atom is 0.270 e. The average molecular weight is 471 g/mol. The first-order valence-corrected chi connectivity index (χ1v) is 11.6. The number of sulfonamides is 1. The van der Waals surface area contributed by atoms with Crippen molar-refractivity contribution in [2.24, 2.45) is 0 Å². The van der Waals surface area contributed by atoms with E-state index in [1.165, 1.54) is 38.4 Å². The monoisotopic (exact) mass is 471 g/mol. The lowest BCUT2D eigenvalue weighted by molar-refractivity contribution is -0.384. The summed E-state index contributed by atoms with van der Waals surface area (Å²) in [6.07, 6.45) is 0.741. The Morgan fingerprint density at radius 2 is 1.76 bits per heavy atom. The van der Waals surface area contributed by atoms with Crippen molar-refractivity contribution < 1.29 is 22.9 Å². The summed E-state index contributed by atoms with van der Waals surface area (Å²) in [6.45, 7) is 2.35. The predicted octanol–water partition coefficient (Wildman–Crippen LogP) is 2.40. The van der Waals surface area contributed by atoms with E-state index in [2.05, 4.69) is 4.98 Å². The summed E-state index contributed by atoms with van der Waals surface area (Å²) in [5, 5.41) is 11.1. The first-order valence-electron chi connectivity index (χ1n) is 10.1. The third-order valence-electron chi connectivity index (χ3n) is 5.49. The van der Waals surface area contributed by atoms with Crippen LogP contribution < -0.4 is 0 Å². The summed E-state index contributed by atoms with van der Waals surface area (Å²) < 4.78 is 28.0. The van der Waals surface area contributed by atoms with Crippen LogP contribution in [0.4, 0.5) is 5.69 Å². The Bertz CT molecular complexity index is 1430. The van der Waals surface area contributed by atoms with E-state index in [1.807, 2.05) is 11.5 Å². The molecule has 2 heterocycles. The first-order chi connectivity index (χ1) is 15.6. The smallest absolute Gasteiger partial charge is 0.270 e. The average Bonchev–Trinajstić information content (AvgIpc) is 3.23. The Labute approximate surface area is 189 Å². The van der Waals surface area contributed by atoms with Gasteiger partial charge in [0.2, 0.25) is 10.0 Å². The molecule has 0 saturated heterocycles. The van der Waals surface area contributed by atoms with Crippen LogP contribution in [0.5, 0.6) is 0 Å². The van der Waals surface area contributed by atoms with Crippen LogP contribution in [0.3, 0.4) is 0 Å². The molecule has 11 nitrogen and oxygen atoms in total. The molecule has 2 aromatic carbocycles. The lowest BCUT2D eigenvalue weighted by atomic mass is 10.1. The summed E-state index contributed by atoms with van der Waals surface area (Å²) in [5.41, 5.74) is 0.907. The quantitative estimate of drug-likeness (QED) is 0.293. The zero-order valence-electron chi connectivity index (χ0n) is 18.2. The summed E-state index contributed by atoms with van der Waals surface area (Å²) in [6, 6.07) is 8.18. The molecule has 0 atom stereocenters. The number of aryl methyl sites for hydroxylation is 1. The number of non-ortho nitro benzene ring substituents is 1. The maximum absolute atomic E-state index is 12.9. The molecule has 0 aliphatic carbocycles. The van der Waals surface area contributed by atoms with Crippen molar-refractivity contribution in [1.29, 1.82) is 0 Å². The van der Waals surface area contributed by atoms with Gasteiger partial charge in [-0.05, 0) is 30.7 Å². The number of rotatable bonds is 7. The van der Waals surface area contributed by atoms with E-state index in [4.69, 9.17) is 0 Å². The van der Waals surface area contributed by atoms with Crippen molar-refractivity contribution in [2.45, 2.75) is 31.3 Å². The van der Waals surface area contributed by atoms with Crippen molar-refractivity contribution in [3.05, 3.63) is 63.5 Å². The highest BCUT2D eigenvalue weighted by Gasteiger charge is 2.37. The molecule has 12 heteroatoms. The van der Waals surface area contributed by atoms with E-state index in [9.17, 15) is 28.1 Å². The van der Waals surface area contributed by atoms with Gasteiger partial charge >= 0.3 is 0 Å². The Hall–Kier alpha value is -3.64. The number of imide groups is 1. The summed E-state index contributed by atoms with van der Waals surface area (Å²) >= 11 is 0. The summed E-state index contributed by atoms with van der Waals surface area (Å²) in [5.74, 6) is -0.782. The number of aromatic nitrogens is 2. The van der Waals surface area contributed by atoms with Crippen LogP contribution >= 0.6 is 0 Å². The van der Waals surface area contributed by atoms with Crippen LogP contribution in [0, 0.1) is 10.1 Å². The van der Waals surface area contributed by atoms with Crippen molar-refractivity contribution in [3.8, 4) is 0 Å². The number of hydrogen-bond donors (Lipinski definition) is 0. The predicted molar refractivity (Wildman–Crippen MR) is 118 cm³/mol. The number of hydrogen-bond acceptors (Lipinski definition) is 7. The Morgan fingerprint density at radius 1 is 1.06 bits per heavy atom. The molecule has 0 radical (unpaired) electrons. The van der Waals surface area contributed by atoms with Gasteiger partial charge in [0.1, 0.15) is 5.82 Å². The molecule has 3 aromatic rings. The van der Waals surface area contributed by atoms with Crippen LogP contribution in [-0.4, -0.2) is 58.0 Å². The summed E-state index contributed by atoms with van der Waals surface area (Å²) in [7, 11) is -0.786. The van der Waals surface area contributed by atoms with Gasteiger partial charge in [0.15, 0.2) is 0 Å². The number of amides is 2. The molecular weight excluding hydrogens is 450 g/mol. The largest absolute Gasteiger partial charge is 0.326 e. The molecule has 0 spiro atoms. The van der Waals surface area contributed by atoms with Gasteiger partial charge in [0.05, 0.1) is 38.5 Å². The second-order valence-corrected chi connectivity index (χ2v) is 9.95. The van der Waals surface area contributed by atoms with Gasteiger partial charge in [-0.15, -0.1) is 0 Å². The van der Waals surface area contributed by atoms with E-state index in [0.717, 1.165) is 21.7 Å². The third kappa shape index (κ3) is 3.66. The van der Waals surface area contributed by atoms with Crippen LogP contribution in [0.2, 0.25) is 0 Å². The second kappa shape index (κ2) is 8.05. The van der Waals surface area contributed by atoms with Crippen LogP contribution in [0.25, 0.3) is 11.0 Å². The minimum Gasteiger partial charge on any atom is -0.326 e. The van der Waals surface area contributed by atoms with Gasteiger partial charge in [0, 0.05) is 32.8 Å². The Kier molecular flexibility index (Phi) is 5.50. The van der Waals surface area contributed by atoms with Gasteiger partial charge in [-0.3, -0.25) is 24.6 Å². The minimum absolute atomic E-state index is 0.0216. The van der Waals surface area contributed by atoms with Crippen molar-refractivity contribution in [3.63, 3.8) is 0 Å². The highest BCUT2D eigenvalue weighted by Crippen LogP contribution is 2.29. The van der Waals surface area contributed by atoms with E-state index < -0.39 is 26.8 Å².